The number of hydrogen-bond donors (Lipinski definition) is 1. The fourth-order valence-electron chi connectivity index (χ4n) is 1.45. The number of hydrogen-bond acceptors (Lipinski definition) is 4. The van der Waals surface area contributed by atoms with Crippen molar-refractivity contribution in [1.29, 1.82) is 0 Å². The van der Waals surface area contributed by atoms with Gasteiger partial charge in [0.05, 0.1) is 17.8 Å². The van der Waals surface area contributed by atoms with E-state index in [4.69, 9.17) is 4.74 Å². The summed E-state index contributed by atoms with van der Waals surface area (Å²) in [5.41, 5.74) is 2.98. The van der Waals surface area contributed by atoms with Gasteiger partial charge in [-0.3, -0.25) is 4.79 Å². The van der Waals surface area contributed by atoms with Crippen molar-refractivity contribution >= 4 is 17.2 Å². The third-order valence-electron chi connectivity index (χ3n) is 2.52. The van der Waals surface area contributed by atoms with E-state index >= 15 is 0 Å². The molecule has 0 spiro atoms. The molecule has 0 bridgehead atoms. The molecule has 1 aromatic rings. The number of nitrogens with one attached hydrogen (secondary N) is 1. The third kappa shape index (κ3) is 5.93. The second-order valence-electron chi connectivity index (χ2n) is 3.93. The Labute approximate surface area is 112 Å². The van der Waals surface area contributed by atoms with Crippen LogP contribution < -0.4 is 5.32 Å². The van der Waals surface area contributed by atoms with Gasteiger partial charge in [-0.1, -0.05) is 6.58 Å². The zero-order valence-electron chi connectivity index (χ0n) is 10.8. The van der Waals surface area contributed by atoms with Crippen molar-refractivity contribution in [3.05, 3.63) is 28.7 Å². The lowest BCUT2D eigenvalue weighted by Gasteiger charge is -2.04. The highest BCUT2D eigenvalue weighted by Gasteiger charge is 2.00. The van der Waals surface area contributed by atoms with Gasteiger partial charge in [-0.15, -0.1) is 11.3 Å². The average molecular weight is 268 g/mol. The monoisotopic (exact) mass is 268 g/mol. The Morgan fingerprint density at radius 2 is 2.39 bits per heavy atom. The fourth-order valence-corrected chi connectivity index (χ4v) is 2.21. The molecular formula is C13H20N2O2S. The summed E-state index contributed by atoms with van der Waals surface area (Å²) in [6.45, 7) is 7.57. The van der Waals surface area contributed by atoms with Crippen LogP contribution >= 0.6 is 11.3 Å². The average Bonchev–Trinajstić information content (AvgIpc) is 2.78. The molecule has 0 unspecified atom stereocenters. The second-order valence-corrected chi connectivity index (χ2v) is 4.86. The molecule has 1 aromatic heterocycles. The molecule has 1 rings (SSSR count). The van der Waals surface area contributed by atoms with E-state index in [1.807, 2.05) is 12.4 Å². The lowest BCUT2D eigenvalue weighted by molar-refractivity contribution is -0.116. The molecule has 18 heavy (non-hydrogen) atoms. The zero-order valence-corrected chi connectivity index (χ0v) is 11.6. The zero-order chi connectivity index (χ0) is 13.2. The predicted molar refractivity (Wildman–Crippen MR) is 73.8 cm³/mol. The molecule has 4 nitrogen and oxygen atoms in total. The standard InChI is InChI=1S/C13H20N2O2S/c1-3-13(16)14-7-4-5-8-17-9-6-12-11(2)15-10-18-12/h3,10H,1,4-9H2,2H3,(H,14,16). The first kappa shape index (κ1) is 14.9. The lowest BCUT2D eigenvalue weighted by Crippen LogP contribution is -2.22. The van der Waals surface area contributed by atoms with Crippen LogP contribution in [0.4, 0.5) is 0 Å². The Kier molecular flexibility index (Phi) is 7.29. The Hall–Kier alpha value is -1.20. The van der Waals surface area contributed by atoms with Gasteiger partial charge < -0.3 is 10.1 Å². The summed E-state index contributed by atoms with van der Waals surface area (Å²) >= 11 is 1.68. The number of aromatic nitrogens is 1. The maximum Gasteiger partial charge on any atom is 0.243 e. The van der Waals surface area contributed by atoms with Gasteiger partial charge in [0.25, 0.3) is 0 Å². The van der Waals surface area contributed by atoms with Crippen molar-refractivity contribution in [2.45, 2.75) is 26.2 Å². The number of unbranched alkanes of at least 4 members (excludes halogenated alkanes) is 1. The molecule has 0 aliphatic rings. The van der Waals surface area contributed by atoms with Gasteiger partial charge in [0.15, 0.2) is 0 Å². The Morgan fingerprint density at radius 1 is 1.56 bits per heavy atom. The molecule has 0 fully saturated rings. The summed E-state index contributed by atoms with van der Waals surface area (Å²) in [4.78, 5) is 16.3. The molecule has 5 heteroatoms. The van der Waals surface area contributed by atoms with Gasteiger partial charge in [-0.2, -0.15) is 0 Å². The second kappa shape index (κ2) is 8.83. The molecule has 0 aromatic carbocycles. The van der Waals surface area contributed by atoms with E-state index in [-0.39, 0.29) is 5.91 Å². The number of rotatable bonds is 9. The smallest absolute Gasteiger partial charge is 0.243 e. The van der Waals surface area contributed by atoms with Gasteiger partial charge >= 0.3 is 0 Å². The quantitative estimate of drug-likeness (QED) is 0.551. The lowest BCUT2D eigenvalue weighted by atomic mass is 10.3. The molecule has 100 valence electrons. The van der Waals surface area contributed by atoms with Crippen LogP contribution in [0.1, 0.15) is 23.4 Å². The summed E-state index contributed by atoms with van der Waals surface area (Å²) in [5, 5.41) is 2.73. The van der Waals surface area contributed by atoms with E-state index in [1.165, 1.54) is 11.0 Å². The van der Waals surface area contributed by atoms with Crippen molar-refractivity contribution in [3.63, 3.8) is 0 Å². The molecule has 0 radical (unpaired) electrons. The van der Waals surface area contributed by atoms with Gasteiger partial charge in [-0.05, 0) is 25.8 Å². The van der Waals surface area contributed by atoms with E-state index in [9.17, 15) is 4.79 Å². The number of nitrogens with zero attached hydrogens (tertiary/aromatic N) is 1. The molecule has 0 saturated heterocycles. The van der Waals surface area contributed by atoms with Crippen LogP contribution in [0.2, 0.25) is 0 Å². The topological polar surface area (TPSA) is 51.2 Å². The van der Waals surface area contributed by atoms with Crippen LogP contribution in [-0.4, -0.2) is 30.6 Å². The highest BCUT2D eigenvalue weighted by molar-refractivity contribution is 7.09. The van der Waals surface area contributed by atoms with Crippen LogP contribution in [0.3, 0.4) is 0 Å². The van der Waals surface area contributed by atoms with Crippen molar-refractivity contribution in [2.75, 3.05) is 19.8 Å². The SMILES string of the molecule is C=CC(=O)NCCCCOCCc1scnc1C. The van der Waals surface area contributed by atoms with Crippen LogP contribution in [0.5, 0.6) is 0 Å². The van der Waals surface area contributed by atoms with E-state index in [2.05, 4.69) is 16.9 Å². The van der Waals surface area contributed by atoms with Crippen molar-refractivity contribution in [2.24, 2.45) is 0 Å². The number of carbonyl (C=O) groups excluding carboxylic acids is 1. The normalized spacial score (nSPS) is 10.3. The number of thiazole rings is 1. The Balaban J connectivity index is 1.92. The number of carbonyl (C=O) groups is 1. The maximum absolute atomic E-state index is 10.8. The maximum atomic E-state index is 10.8. The minimum atomic E-state index is -0.114. The Morgan fingerprint density at radius 3 is 3.06 bits per heavy atom. The first-order chi connectivity index (χ1) is 8.74. The molecular weight excluding hydrogens is 248 g/mol. The van der Waals surface area contributed by atoms with Gasteiger partial charge in [-0.25, -0.2) is 4.98 Å². The van der Waals surface area contributed by atoms with E-state index in [0.29, 0.717) is 6.54 Å². The van der Waals surface area contributed by atoms with E-state index in [0.717, 1.165) is 38.2 Å². The molecule has 0 aliphatic heterocycles. The minimum absolute atomic E-state index is 0.114. The molecule has 1 amide bonds. The molecule has 1 N–H and O–H groups in total. The van der Waals surface area contributed by atoms with Crippen molar-refractivity contribution in [3.8, 4) is 0 Å². The predicted octanol–water partition coefficient (Wildman–Crippen LogP) is 2.09. The highest BCUT2D eigenvalue weighted by atomic mass is 32.1. The van der Waals surface area contributed by atoms with Crippen molar-refractivity contribution in [1.82, 2.24) is 10.3 Å². The van der Waals surface area contributed by atoms with Crippen molar-refractivity contribution < 1.29 is 9.53 Å². The largest absolute Gasteiger partial charge is 0.381 e. The molecule has 1 heterocycles. The number of aryl methyl sites for hydroxylation is 1. The first-order valence-corrected chi connectivity index (χ1v) is 6.99. The summed E-state index contributed by atoms with van der Waals surface area (Å²) in [6.07, 6.45) is 4.11. The van der Waals surface area contributed by atoms with Gasteiger partial charge in [0.2, 0.25) is 5.91 Å². The minimum Gasteiger partial charge on any atom is -0.381 e. The summed E-state index contributed by atoms with van der Waals surface area (Å²) in [6, 6.07) is 0. The van der Waals surface area contributed by atoms with Crippen LogP contribution in [0.25, 0.3) is 0 Å². The number of ether oxygens (including phenoxy) is 1. The van der Waals surface area contributed by atoms with E-state index in [1.54, 1.807) is 11.3 Å². The first-order valence-electron chi connectivity index (χ1n) is 6.11. The molecule has 0 saturated carbocycles. The van der Waals surface area contributed by atoms with Crippen LogP contribution in [-0.2, 0) is 16.0 Å². The van der Waals surface area contributed by atoms with Crippen LogP contribution in [0.15, 0.2) is 18.2 Å². The van der Waals surface area contributed by atoms with Gasteiger partial charge in [0, 0.05) is 24.4 Å². The summed E-state index contributed by atoms with van der Waals surface area (Å²) < 4.78 is 5.54. The summed E-state index contributed by atoms with van der Waals surface area (Å²) in [7, 11) is 0. The molecule has 0 atom stereocenters. The highest BCUT2D eigenvalue weighted by Crippen LogP contribution is 2.12. The van der Waals surface area contributed by atoms with Crippen LogP contribution in [0, 0.1) is 6.92 Å². The third-order valence-corrected chi connectivity index (χ3v) is 3.51. The summed E-state index contributed by atoms with van der Waals surface area (Å²) in [5.74, 6) is -0.114. The van der Waals surface area contributed by atoms with E-state index < -0.39 is 0 Å². The number of amides is 1. The fraction of sp³-hybridized carbons (Fsp3) is 0.538. The molecule has 0 aliphatic carbocycles. The Bertz CT molecular complexity index is 377. The van der Waals surface area contributed by atoms with Gasteiger partial charge in [0.1, 0.15) is 0 Å².